The fourth-order valence-corrected chi connectivity index (χ4v) is 2.78. The van der Waals surface area contributed by atoms with Crippen LogP contribution < -0.4 is 5.32 Å². The summed E-state index contributed by atoms with van der Waals surface area (Å²) >= 11 is 0. The highest BCUT2D eigenvalue weighted by Gasteiger charge is 2.13. The van der Waals surface area contributed by atoms with Crippen molar-refractivity contribution < 1.29 is 4.79 Å². The zero-order valence-corrected chi connectivity index (χ0v) is 14.9. The molecule has 2 aromatic rings. The molecule has 0 aliphatic carbocycles. The molecule has 130 valence electrons. The van der Waals surface area contributed by atoms with Crippen molar-refractivity contribution in [2.24, 2.45) is 0 Å². The lowest BCUT2D eigenvalue weighted by atomic mass is 10.1. The van der Waals surface area contributed by atoms with Gasteiger partial charge in [-0.05, 0) is 45.4 Å². The largest absolute Gasteiger partial charge is 0.351 e. The Labute approximate surface area is 143 Å². The molecule has 0 atom stereocenters. The quantitative estimate of drug-likeness (QED) is 0.806. The SMILES string of the molecule is CC(C)N(CCNC(=O)c1ccc(Cn2cncn2)cc1)C(C)C. The zero-order chi connectivity index (χ0) is 17.5. The van der Waals surface area contributed by atoms with Gasteiger partial charge in [0, 0.05) is 30.7 Å². The number of carbonyl (C=O) groups is 1. The molecule has 0 radical (unpaired) electrons. The third-order valence-corrected chi connectivity index (χ3v) is 4.01. The molecule has 0 saturated carbocycles. The van der Waals surface area contributed by atoms with Crippen LogP contribution in [-0.4, -0.2) is 50.7 Å². The van der Waals surface area contributed by atoms with E-state index in [1.807, 2.05) is 24.3 Å². The number of rotatable bonds is 8. The monoisotopic (exact) mass is 329 g/mol. The van der Waals surface area contributed by atoms with E-state index in [0.29, 0.717) is 30.7 Å². The van der Waals surface area contributed by atoms with E-state index >= 15 is 0 Å². The van der Waals surface area contributed by atoms with Gasteiger partial charge in [0.25, 0.3) is 5.91 Å². The van der Waals surface area contributed by atoms with Crippen LogP contribution in [0.3, 0.4) is 0 Å². The molecular formula is C18H27N5O. The summed E-state index contributed by atoms with van der Waals surface area (Å²) in [4.78, 5) is 18.5. The summed E-state index contributed by atoms with van der Waals surface area (Å²) in [5, 5.41) is 7.07. The predicted molar refractivity (Wildman–Crippen MR) is 94.9 cm³/mol. The normalized spacial score (nSPS) is 11.5. The number of nitrogens with zero attached hydrogens (tertiary/aromatic N) is 4. The van der Waals surface area contributed by atoms with Gasteiger partial charge in [0.1, 0.15) is 12.7 Å². The number of hydrogen-bond donors (Lipinski definition) is 1. The first-order chi connectivity index (χ1) is 11.5. The van der Waals surface area contributed by atoms with E-state index in [9.17, 15) is 4.79 Å². The molecular weight excluding hydrogens is 302 g/mol. The van der Waals surface area contributed by atoms with Gasteiger partial charge < -0.3 is 5.32 Å². The number of amides is 1. The average molecular weight is 329 g/mol. The summed E-state index contributed by atoms with van der Waals surface area (Å²) in [6.45, 7) is 10.9. The van der Waals surface area contributed by atoms with E-state index < -0.39 is 0 Å². The van der Waals surface area contributed by atoms with Gasteiger partial charge in [-0.15, -0.1) is 0 Å². The van der Waals surface area contributed by atoms with Crippen LogP contribution in [0.5, 0.6) is 0 Å². The second-order valence-corrected chi connectivity index (χ2v) is 6.47. The molecule has 0 unspecified atom stereocenters. The Morgan fingerprint density at radius 3 is 2.38 bits per heavy atom. The van der Waals surface area contributed by atoms with E-state index in [2.05, 4.69) is 48.0 Å². The average Bonchev–Trinajstić information content (AvgIpc) is 3.04. The van der Waals surface area contributed by atoms with Crippen LogP contribution in [0.15, 0.2) is 36.9 Å². The minimum absolute atomic E-state index is 0.0326. The summed E-state index contributed by atoms with van der Waals surface area (Å²) in [6, 6.07) is 8.54. The third kappa shape index (κ3) is 5.16. The van der Waals surface area contributed by atoms with Gasteiger partial charge in [0.15, 0.2) is 0 Å². The molecule has 0 saturated heterocycles. The molecule has 0 aliphatic heterocycles. The van der Waals surface area contributed by atoms with Crippen molar-refractivity contribution in [3.8, 4) is 0 Å². The summed E-state index contributed by atoms with van der Waals surface area (Å²) in [5.74, 6) is -0.0326. The van der Waals surface area contributed by atoms with Gasteiger partial charge in [-0.2, -0.15) is 5.10 Å². The Hall–Kier alpha value is -2.21. The van der Waals surface area contributed by atoms with Crippen LogP contribution in [0, 0.1) is 0 Å². The van der Waals surface area contributed by atoms with Gasteiger partial charge in [-0.25, -0.2) is 9.67 Å². The van der Waals surface area contributed by atoms with Crippen molar-refractivity contribution in [1.82, 2.24) is 25.0 Å². The zero-order valence-electron chi connectivity index (χ0n) is 14.9. The summed E-state index contributed by atoms with van der Waals surface area (Å²) in [7, 11) is 0. The van der Waals surface area contributed by atoms with Crippen molar-refractivity contribution in [3.05, 3.63) is 48.0 Å². The second-order valence-electron chi connectivity index (χ2n) is 6.47. The van der Waals surface area contributed by atoms with E-state index in [-0.39, 0.29) is 5.91 Å². The summed E-state index contributed by atoms with van der Waals surface area (Å²) < 4.78 is 1.75. The molecule has 0 aliphatic rings. The second kappa shape index (κ2) is 8.59. The number of aromatic nitrogens is 3. The van der Waals surface area contributed by atoms with Crippen molar-refractivity contribution in [2.75, 3.05) is 13.1 Å². The van der Waals surface area contributed by atoms with Gasteiger partial charge >= 0.3 is 0 Å². The van der Waals surface area contributed by atoms with Gasteiger partial charge in [-0.1, -0.05) is 12.1 Å². The maximum Gasteiger partial charge on any atom is 0.251 e. The summed E-state index contributed by atoms with van der Waals surface area (Å²) in [5.41, 5.74) is 1.76. The fourth-order valence-electron chi connectivity index (χ4n) is 2.78. The van der Waals surface area contributed by atoms with Crippen LogP contribution in [0.2, 0.25) is 0 Å². The Kier molecular flexibility index (Phi) is 6.49. The first-order valence-corrected chi connectivity index (χ1v) is 8.42. The molecule has 1 heterocycles. The lowest BCUT2D eigenvalue weighted by molar-refractivity contribution is 0.0939. The van der Waals surface area contributed by atoms with Gasteiger partial charge in [0.05, 0.1) is 6.54 Å². The molecule has 1 amide bonds. The summed E-state index contributed by atoms with van der Waals surface area (Å²) in [6.07, 6.45) is 3.19. The minimum Gasteiger partial charge on any atom is -0.351 e. The number of hydrogen-bond acceptors (Lipinski definition) is 4. The Morgan fingerprint density at radius 1 is 1.17 bits per heavy atom. The predicted octanol–water partition coefficient (Wildman–Crippen LogP) is 2.17. The highest BCUT2D eigenvalue weighted by molar-refractivity contribution is 5.94. The Morgan fingerprint density at radius 2 is 1.83 bits per heavy atom. The first kappa shape index (κ1) is 18.1. The molecule has 1 aromatic heterocycles. The van der Waals surface area contributed by atoms with Crippen molar-refractivity contribution in [1.29, 1.82) is 0 Å². The van der Waals surface area contributed by atoms with Gasteiger partial charge in [-0.3, -0.25) is 9.69 Å². The molecule has 1 N–H and O–H groups in total. The van der Waals surface area contributed by atoms with E-state index in [1.54, 1.807) is 11.0 Å². The minimum atomic E-state index is -0.0326. The van der Waals surface area contributed by atoms with Crippen LogP contribution in [-0.2, 0) is 6.54 Å². The molecule has 6 nitrogen and oxygen atoms in total. The molecule has 2 rings (SSSR count). The van der Waals surface area contributed by atoms with E-state index in [4.69, 9.17) is 0 Å². The highest BCUT2D eigenvalue weighted by atomic mass is 16.1. The third-order valence-electron chi connectivity index (χ3n) is 4.01. The first-order valence-electron chi connectivity index (χ1n) is 8.42. The molecule has 0 fully saturated rings. The van der Waals surface area contributed by atoms with Crippen molar-refractivity contribution in [2.45, 2.75) is 46.3 Å². The fraction of sp³-hybridized carbons (Fsp3) is 0.500. The molecule has 0 bridgehead atoms. The topological polar surface area (TPSA) is 63.1 Å². The van der Waals surface area contributed by atoms with Crippen LogP contribution in [0.1, 0.15) is 43.6 Å². The molecule has 1 aromatic carbocycles. The lowest BCUT2D eigenvalue weighted by Gasteiger charge is -2.30. The Bertz CT molecular complexity index is 611. The van der Waals surface area contributed by atoms with Crippen molar-refractivity contribution in [3.63, 3.8) is 0 Å². The standard InChI is InChI=1S/C18H27N5O/c1-14(2)23(15(3)4)10-9-20-18(24)17-7-5-16(6-8-17)11-22-13-19-12-21-22/h5-8,12-15H,9-11H2,1-4H3,(H,20,24). The van der Waals surface area contributed by atoms with Crippen LogP contribution in [0.4, 0.5) is 0 Å². The van der Waals surface area contributed by atoms with Crippen molar-refractivity contribution >= 4 is 5.91 Å². The van der Waals surface area contributed by atoms with Gasteiger partial charge in [0.2, 0.25) is 0 Å². The highest BCUT2D eigenvalue weighted by Crippen LogP contribution is 2.07. The smallest absolute Gasteiger partial charge is 0.251 e. The number of benzene rings is 1. The molecule has 24 heavy (non-hydrogen) atoms. The Balaban J connectivity index is 1.84. The maximum absolute atomic E-state index is 12.2. The molecule has 6 heteroatoms. The molecule has 0 spiro atoms. The maximum atomic E-state index is 12.2. The van der Waals surface area contributed by atoms with Crippen LogP contribution >= 0.6 is 0 Å². The number of nitrogens with one attached hydrogen (secondary N) is 1. The van der Waals surface area contributed by atoms with E-state index in [1.165, 1.54) is 6.33 Å². The number of carbonyl (C=O) groups excluding carboxylic acids is 1. The lowest BCUT2D eigenvalue weighted by Crippen LogP contribution is -2.42. The van der Waals surface area contributed by atoms with Crippen LogP contribution in [0.25, 0.3) is 0 Å². The van der Waals surface area contributed by atoms with E-state index in [0.717, 1.165) is 12.1 Å².